The van der Waals surface area contributed by atoms with Gasteiger partial charge < -0.3 is 5.32 Å². The predicted molar refractivity (Wildman–Crippen MR) is 69.7 cm³/mol. The van der Waals surface area contributed by atoms with Crippen molar-refractivity contribution in [3.8, 4) is 0 Å². The van der Waals surface area contributed by atoms with Crippen LogP contribution in [0.15, 0.2) is 0 Å². The number of hydrogen-bond donors (Lipinski definition) is 1. The topological polar surface area (TPSA) is 29.1 Å². The zero-order chi connectivity index (χ0) is 11.5. The smallest absolute Gasteiger partial charge is 0.0244 e. The van der Waals surface area contributed by atoms with Gasteiger partial charge in [0.25, 0.3) is 0 Å². The SMILES string of the molecule is CCCCC(CC)CNCCCS(C)=O. The van der Waals surface area contributed by atoms with Crippen molar-refractivity contribution in [3.63, 3.8) is 0 Å². The first-order chi connectivity index (χ1) is 7.20. The van der Waals surface area contributed by atoms with Crippen LogP contribution in [0.5, 0.6) is 0 Å². The second-order valence-electron chi connectivity index (χ2n) is 4.25. The lowest BCUT2D eigenvalue weighted by Crippen LogP contribution is -2.24. The van der Waals surface area contributed by atoms with Gasteiger partial charge in [0.1, 0.15) is 0 Å². The van der Waals surface area contributed by atoms with Crippen molar-refractivity contribution in [2.24, 2.45) is 5.92 Å². The monoisotopic (exact) mass is 233 g/mol. The molecule has 2 unspecified atom stereocenters. The highest BCUT2D eigenvalue weighted by Crippen LogP contribution is 2.10. The lowest BCUT2D eigenvalue weighted by Gasteiger charge is -2.14. The van der Waals surface area contributed by atoms with Gasteiger partial charge in [0.15, 0.2) is 0 Å². The Hall–Kier alpha value is 0.110. The largest absolute Gasteiger partial charge is 0.316 e. The summed E-state index contributed by atoms with van der Waals surface area (Å²) in [5.41, 5.74) is 0. The highest BCUT2D eigenvalue weighted by Gasteiger charge is 2.04. The zero-order valence-corrected chi connectivity index (χ0v) is 11.4. The normalized spacial score (nSPS) is 15.1. The second kappa shape index (κ2) is 10.6. The van der Waals surface area contributed by atoms with Crippen LogP contribution in [0.4, 0.5) is 0 Å². The average molecular weight is 233 g/mol. The van der Waals surface area contributed by atoms with E-state index in [1.807, 2.05) is 0 Å². The molecule has 2 nitrogen and oxygen atoms in total. The molecule has 1 N–H and O–H groups in total. The molecule has 0 fully saturated rings. The Morgan fingerprint density at radius 2 is 2.00 bits per heavy atom. The van der Waals surface area contributed by atoms with Gasteiger partial charge in [0.2, 0.25) is 0 Å². The van der Waals surface area contributed by atoms with Crippen LogP contribution in [0, 0.1) is 5.92 Å². The Kier molecular flexibility index (Phi) is 10.7. The third-order valence-electron chi connectivity index (χ3n) is 2.76. The van der Waals surface area contributed by atoms with E-state index >= 15 is 0 Å². The summed E-state index contributed by atoms with van der Waals surface area (Å²) in [5, 5.41) is 3.47. The van der Waals surface area contributed by atoms with Crippen molar-refractivity contribution in [1.29, 1.82) is 0 Å². The standard InChI is InChI=1S/C12H27NOS/c1-4-6-8-12(5-2)11-13-9-7-10-15(3)14/h12-13H,4-11H2,1-3H3. The molecule has 0 aromatic carbocycles. The zero-order valence-electron chi connectivity index (χ0n) is 10.6. The summed E-state index contributed by atoms with van der Waals surface area (Å²) in [6, 6.07) is 0. The maximum atomic E-state index is 10.8. The van der Waals surface area contributed by atoms with Crippen LogP contribution in [0.2, 0.25) is 0 Å². The van der Waals surface area contributed by atoms with E-state index in [9.17, 15) is 4.21 Å². The molecule has 0 spiro atoms. The molecule has 2 atom stereocenters. The lowest BCUT2D eigenvalue weighted by atomic mass is 9.99. The molecule has 0 aliphatic carbocycles. The fraction of sp³-hybridized carbons (Fsp3) is 1.00. The van der Waals surface area contributed by atoms with Gasteiger partial charge in [0, 0.05) is 22.8 Å². The summed E-state index contributed by atoms with van der Waals surface area (Å²) >= 11 is 0. The van der Waals surface area contributed by atoms with Crippen LogP contribution in [0.3, 0.4) is 0 Å². The maximum absolute atomic E-state index is 10.8. The molecule has 0 aromatic rings. The van der Waals surface area contributed by atoms with E-state index in [4.69, 9.17) is 0 Å². The minimum absolute atomic E-state index is 0.626. The lowest BCUT2D eigenvalue weighted by molar-refractivity contribution is 0.420. The number of hydrogen-bond acceptors (Lipinski definition) is 2. The Morgan fingerprint density at radius 1 is 1.27 bits per heavy atom. The molecular weight excluding hydrogens is 206 g/mol. The molecule has 0 bridgehead atoms. The van der Waals surface area contributed by atoms with Crippen molar-refractivity contribution in [2.75, 3.05) is 25.1 Å². The second-order valence-corrected chi connectivity index (χ2v) is 5.81. The van der Waals surface area contributed by atoms with Crippen molar-refractivity contribution in [3.05, 3.63) is 0 Å². The summed E-state index contributed by atoms with van der Waals surface area (Å²) in [4.78, 5) is 0. The fourth-order valence-electron chi connectivity index (χ4n) is 1.65. The van der Waals surface area contributed by atoms with Crippen LogP contribution in [0.25, 0.3) is 0 Å². The molecule has 0 heterocycles. The number of unbranched alkanes of at least 4 members (excludes halogenated alkanes) is 1. The first-order valence-corrected chi connectivity index (χ1v) is 7.94. The van der Waals surface area contributed by atoms with Gasteiger partial charge in [-0.3, -0.25) is 4.21 Å². The van der Waals surface area contributed by atoms with E-state index in [-0.39, 0.29) is 0 Å². The Balaban J connectivity index is 3.33. The minimum Gasteiger partial charge on any atom is -0.316 e. The number of rotatable bonds is 10. The van der Waals surface area contributed by atoms with E-state index in [0.717, 1.165) is 31.2 Å². The van der Waals surface area contributed by atoms with Gasteiger partial charge in [-0.1, -0.05) is 33.1 Å². The van der Waals surface area contributed by atoms with Crippen molar-refractivity contribution in [1.82, 2.24) is 5.32 Å². The molecule has 0 radical (unpaired) electrons. The third-order valence-corrected chi connectivity index (χ3v) is 3.63. The van der Waals surface area contributed by atoms with Gasteiger partial charge in [-0.2, -0.15) is 0 Å². The van der Waals surface area contributed by atoms with Gasteiger partial charge in [-0.25, -0.2) is 0 Å². The predicted octanol–water partition coefficient (Wildman–Crippen LogP) is 2.56. The van der Waals surface area contributed by atoms with Crippen molar-refractivity contribution >= 4 is 10.8 Å². The molecule has 0 aliphatic heterocycles. The first kappa shape index (κ1) is 15.1. The van der Waals surface area contributed by atoms with Crippen molar-refractivity contribution < 1.29 is 4.21 Å². The summed E-state index contributed by atoms with van der Waals surface area (Å²) < 4.78 is 10.8. The van der Waals surface area contributed by atoms with Gasteiger partial charge in [-0.15, -0.1) is 0 Å². The Labute approximate surface area is 97.7 Å². The summed E-state index contributed by atoms with van der Waals surface area (Å²) in [7, 11) is -0.626. The molecule has 0 aliphatic rings. The molecule has 0 saturated carbocycles. The van der Waals surface area contributed by atoms with Crippen LogP contribution in [-0.4, -0.2) is 29.3 Å². The van der Waals surface area contributed by atoms with Crippen LogP contribution in [-0.2, 0) is 10.8 Å². The number of nitrogens with one attached hydrogen (secondary N) is 1. The van der Waals surface area contributed by atoms with Crippen LogP contribution < -0.4 is 5.32 Å². The summed E-state index contributed by atoms with van der Waals surface area (Å²) in [6.07, 6.45) is 8.07. The van der Waals surface area contributed by atoms with Gasteiger partial charge in [-0.05, 0) is 31.8 Å². The maximum Gasteiger partial charge on any atom is 0.0244 e. The first-order valence-electron chi connectivity index (χ1n) is 6.21. The quantitative estimate of drug-likeness (QED) is 0.588. The summed E-state index contributed by atoms with van der Waals surface area (Å²) in [5.74, 6) is 1.66. The molecule has 0 amide bonds. The van der Waals surface area contributed by atoms with E-state index in [1.165, 1.54) is 25.7 Å². The molecule has 0 saturated heterocycles. The Morgan fingerprint density at radius 3 is 2.53 bits per heavy atom. The van der Waals surface area contributed by atoms with E-state index < -0.39 is 10.8 Å². The summed E-state index contributed by atoms with van der Waals surface area (Å²) in [6.45, 7) is 6.66. The molecule has 0 rings (SSSR count). The highest BCUT2D eigenvalue weighted by atomic mass is 32.2. The molecule has 0 aromatic heterocycles. The molecule has 92 valence electrons. The fourth-order valence-corrected chi connectivity index (χ4v) is 2.20. The average Bonchev–Trinajstić information content (AvgIpc) is 2.21. The molecular formula is C12H27NOS. The minimum atomic E-state index is -0.626. The van der Waals surface area contributed by atoms with E-state index in [0.29, 0.717) is 0 Å². The van der Waals surface area contributed by atoms with Crippen LogP contribution in [0.1, 0.15) is 46.0 Å². The van der Waals surface area contributed by atoms with Crippen molar-refractivity contribution in [2.45, 2.75) is 46.0 Å². The Bertz CT molecular complexity index is 162. The van der Waals surface area contributed by atoms with Crippen LogP contribution >= 0.6 is 0 Å². The van der Waals surface area contributed by atoms with Gasteiger partial charge in [0.05, 0.1) is 0 Å². The van der Waals surface area contributed by atoms with Gasteiger partial charge >= 0.3 is 0 Å². The van der Waals surface area contributed by atoms with E-state index in [1.54, 1.807) is 6.26 Å². The highest BCUT2D eigenvalue weighted by molar-refractivity contribution is 7.84. The molecule has 3 heteroatoms. The van der Waals surface area contributed by atoms with E-state index in [2.05, 4.69) is 19.2 Å². The third kappa shape index (κ3) is 10.4. The molecule has 15 heavy (non-hydrogen) atoms.